The summed E-state index contributed by atoms with van der Waals surface area (Å²) < 4.78 is 2.10. The number of thiophene rings is 1. The number of aryl methyl sites for hydroxylation is 4. The monoisotopic (exact) mass is 408 g/mol. The first-order valence-electron chi connectivity index (χ1n) is 9.37. The first-order valence-corrected chi connectivity index (χ1v) is 11.2. The van der Waals surface area contributed by atoms with Gasteiger partial charge < -0.3 is 4.98 Å². The molecule has 0 aliphatic heterocycles. The summed E-state index contributed by atoms with van der Waals surface area (Å²) in [5.74, 6) is 1.29. The standard InChI is InChI=1S/C21H20N4OS2/c1-12-6-7-13(2)15(10-12)25-9-8-22-21(25)27-11-17-23-19(26)18-14-4-3-5-16(14)28-20(18)24-17/h6-10H,3-5,11H2,1-2H3,(H,23,24,26). The van der Waals surface area contributed by atoms with E-state index in [-0.39, 0.29) is 5.56 Å². The Morgan fingerprint density at radius 1 is 1.29 bits per heavy atom. The number of nitrogens with zero attached hydrogens (tertiary/aromatic N) is 3. The predicted octanol–water partition coefficient (Wildman–Crippen LogP) is 4.57. The van der Waals surface area contributed by atoms with Gasteiger partial charge in [0.1, 0.15) is 10.7 Å². The number of aromatic nitrogens is 4. The van der Waals surface area contributed by atoms with E-state index in [1.807, 2.05) is 12.4 Å². The Kier molecular flexibility index (Phi) is 4.36. The molecule has 5 nitrogen and oxygen atoms in total. The third kappa shape index (κ3) is 2.99. The normalized spacial score (nSPS) is 13.4. The van der Waals surface area contributed by atoms with E-state index in [0.717, 1.165) is 40.3 Å². The van der Waals surface area contributed by atoms with Gasteiger partial charge in [0, 0.05) is 17.3 Å². The van der Waals surface area contributed by atoms with Crippen molar-refractivity contribution in [1.29, 1.82) is 0 Å². The van der Waals surface area contributed by atoms with Crippen LogP contribution in [0.1, 0.15) is 33.8 Å². The van der Waals surface area contributed by atoms with E-state index in [1.54, 1.807) is 23.1 Å². The van der Waals surface area contributed by atoms with Gasteiger partial charge in [-0.1, -0.05) is 23.9 Å². The van der Waals surface area contributed by atoms with Crippen molar-refractivity contribution < 1.29 is 0 Å². The van der Waals surface area contributed by atoms with E-state index in [4.69, 9.17) is 4.98 Å². The maximum atomic E-state index is 12.6. The molecule has 0 spiro atoms. The minimum Gasteiger partial charge on any atom is -0.309 e. The number of benzene rings is 1. The fourth-order valence-corrected chi connectivity index (χ4v) is 5.92. The molecule has 5 rings (SSSR count). The Bertz CT molecular complexity index is 1250. The van der Waals surface area contributed by atoms with Crippen LogP contribution in [0.4, 0.5) is 0 Å². The quantitative estimate of drug-likeness (QED) is 0.503. The second kappa shape index (κ2) is 6.90. The molecule has 0 fully saturated rings. The number of imidazole rings is 1. The second-order valence-electron chi connectivity index (χ2n) is 7.21. The van der Waals surface area contributed by atoms with Crippen LogP contribution in [0.5, 0.6) is 0 Å². The first kappa shape index (κ1) is 17.7. The van der Waals surface area contributed by atoms with Gasteiger partial charge in [-0.15, -0.1) is 11.3 Å². The van der Waals surface area contributed by atoms with Crippen molar-refractivity contribution in [3.8, 4) is 5.69 Å². The highest BCUT2D eigenvalue weighted by Crippen LogP contribution is 2.35. The molecular formula is C21H20N4OS2. The molecular weight excluding hydrogens is 388 g/mol. The van der Waals surface area contributed by atoms with E-state index < -0.39 is 0 Å². The van der Waals surface area contributed by atoms with Gasteiger partial charge in [0.25, 0.3) is 5.56 Å². The number of nitrogens with one attached hydrogen (secondary N) is 1. The fourth-order valence-electron chi connectivity index (χ4n) is 3.81. The molecule has 0 saturated carbocycles. The molecule has 4 aromatic rings. The van der Waals surface area contributed by atoms with E-state index in [1.165, 1.54) is 21.6 Å². The Morgan fingerprint density at radius 3 is 3.07 bits per heavy atom. The number of fused-ring (bicyclic) bond motifs is 3. The summed E-state index contributed by atoms with van der Waals surface area (Å²) in [4.78, 5) is 27.1. The molecule has 3 heterocycles. The molecule has 3 aromatic heterocycles. The topological polar surface area (TPSA) is 63.6 Å². The molecule has 0 amide bonds. The van der Waals surface area contributed by atoms with Crippen LogP contribution in [-0.4, -0.2) is 19.5 Å². The van der Waals surface area contributed by atoms with E-state index >= 15 is 0 Å². The largest absolute Gasteiger partial charge is 0.309 e. The predicted molar refractivity (Wildman–Crippen MR) is 115 cm³/mol. The number of hydrogen-bond donors (Lipinski definition) is 1. The van der Waals surface area contributed by atoms with Gasteiger partial charge in [0.15, 0.2) is 5.16 Å². The number of thioether (sulfide) groups is 1. The average molecular weight is 409 g/mol. The number of rotatable bonds is 4. The molecule has 0 unspecified atom stereocenters. The Balaban J connectivity index is 1.44. The lowest BCUT2D eigenvalue weighted by atomic mass is 10.1. The summed E-state index contributed by atoms with van der Waals surface area (Å²) in [7, 11) is 0. The zero-order chi connectivity index (χ0) is 19.3. The van der Waals surface area contributed by atoms with Gasteiger partial charge in [-0.25, -0.2) is 9.97 Å². The molecule has 0 atom stereocenters. The molecule has 1 N–H and O–H groups in total. The summed E-state index contributed by atoms with van der Waals surface area (Å²) >= 11 is 3.27. The van der Waals surface area contributed by atoms with Gasteiger partial charge in [0.2, 0.25) is 0 Å². The summed E-state index contributed by atoms with van der Waals surface area (Å²) in [6.07, 6.45) is 7.02. The van der Waals surface area contributed by atoms with Gasteiger partial charge in [-0.05, 0) is 55.9 Å². The molecule has 1 aliphatic rings. The molecule has 28 heavy (non-hydrogen) atoms. The van der Waals surface area contributed by atoms with Crippen LogP contribution in [0, 0.1) is 13.8 Å². The van der Waals surface area contributed by atoms with E-state index in [0.29, 0.717) is 11.6 Å². The van der Waals surface area contributed by atoms with Crippen LogP contribution in [0.2, 0.25) is 0 Å². The van der Waals surface area contributed by atoms with E-state index in [9.17, 15) is 4.79 Å². The molecule has 1 aliphatic carbocycles. The Labute approximate surface area is 170 Å². The summed E-state index contributed by atoms with van der Waals surface area (Å²) in [6.45, 7) is 4.20. The molecule has 0 radical (unpaired) electrons. The zero-order valence-corrected chi connectivity index (χ0v) is 17.4. The number of aromatic amines is 1. The maximum absolute atomic E-state index is 12.6. The third-order valence-electron chi connectivity index (χ3n) is 5.19. The van der Waals surface area contributed by atoms with Gasteiger partial charge in [0.05, 0.1) is 16.8 Å². The molecule has 1 aromatic carbocycles. The van der Waals surface area contributed by atoms with Crippen LogP contribution in [0.25, 0.3) is 15.9 Å². The minimum absolute atomic E-state index is 0.00197. The SMILES string of the molecule is Cc1ccc(C)c(-n2ccnc2SCc2nc3sc4c(c3c(=O)[nH]2)CCC4)c1. The average Bonchev–Trinajstić information content (AvgIpc) is 3.37. The maximum Gasteiger partial charge on any atom is 0.259 e. The van der Waals surface area contributed by atoms with Gasteiger partial charge >= 0.3 is 0 Å². The zero-order valence-electron chi connectivity index (χ0n) is 15.8. The summed E-state index contributed by atoms with van der Waals surface area (Å²) in [5, 5.41) is 1.70. The summed E-state index contributed by atoms with van der Waals surface area (Å²) in [5.41, 5.74) is 4.77. The number of H-pyrrole nitrogens is 1. The Hall–Kier alpha value is -2.38. The van der Waals surface area contributed by atoms with Crippen molar-refractivity contribution in [1.82, 2.24) is 19.5 Å². The minimum atomic E-state index is -0.00197. The molecule has 142 valence electrons. The van der Waals surface area contributed by atoms with Crippen molar-refractivity contribution in [2.24, 2.45) is 0 Å². The molecule has 0 saturated heterocycles. The van der Waals surface area contributed by atoms with Crippen molar-refractivity contribution >= 4 is 33.3 Å². The van der Waals surface area contributed by atoms with Crippen LogP contribution in [-0.2, 0) is 18.6 Å². The smallest absolute Gasteiger partial charge is 0.259 e. The highest BCUT2D eigenvalue weighted by Gasteiger charge is 2.21. The highest BCUT2D eigenvalue weighted by atomic mass is 32.2. The van der Waals surface area contributed by atoms with Gasteiger partial charge in [-0.3, -0.25) is 9.36 Å². The van der Waals surface area contributed by atoms with Crippen LogP contribution < -0.4 is 5.56 Å². The highest BCUT2D eigenvalue weighted by molar-refractivity contribution is 7.98. The van der Waals surface area contributed by atoms with Crippen molar-refractivity contribution in [3.63, 3.8) is 0 Å². The lowest BCUT2D eigenvalue weighted by Crippen LogP contribution is -2.11. The lowest BCUT2D eigenvalue weighted by molar-refractivity contribution is 0.883. The molecule has 7 heteroatoms. The van der Waals surface area contributed by atoms with Crippen LogP contribution >= 0.6 is 23.1 Å². The van der Waals surface area contributed by atoms with Gasteiger partial charge in [-0.2, -0.15) is 0 Å². The van der Waals surface area contributed by atoms with Crippen molar-refractivity contribution in [2.75, 3.05) is 0 Å². The first-order chi connectivity index (χ1) is 13.6. The Morgan fingerprint density at radius 2 is 2.18 bits per heavy atom. The number of hydrogen-bond acceptors (Lipinski definition) is 5. The second-order valence-corrected chi connectivity index (χ2v) is 9.23. The summed E-state index contributed by atoms with van der Waals surface area (Å²) in [6, 6.07) is 6.41. The van der Waals surface area contributed by atoms with Crippen molar-refractivity contribution in [3.05, 3.63) is 68.3 Å². The van der Waals surface area contributed by atoms with Crippen LogP contribution in [0.15, 0.2) is 40.5 Å². The van der Waals surface area contributed by atoms with E-state index in [2.05, 4.69) is 46.6 Å². The fraction of sp³-hybridized carbons (Fsp3) is 0.286. The third-order valence-corrected chi connectivity index (χ3v) is 7.36. The lowest BCUT2D eigenvalue weighted by Gasteiger charge is -2.11. The molecule has 0 bridgehead atoms. The van der Waals surface area contributed by atoms with Crippen molar-refractivity contribution in [2.45, 2.75) is 44.0 Å². The van der Waals surface area contributed by atoms with Crippen LogP contribution in [0.3, 0.4) is 0 Å².